The molecule has 2 heterocycles. The van der Waals surface area contributed by atoms with Gasteiger partial charge in [-0.3, -0.25) is 0 Å². The molecule has 1 atom stereocenters. The smallest absolute Gasteiger partial charge is 0.363 e. The van der Waals surface area contributed by atoms with Crippen molar-refractivity contribution in [2.24, 2.45) is 0 Å². The van der Waals surface area contributed by atoms with Gasteiger partial charge in [0.05, 0.1) is 11.6 Å². The molecule has 0 aliphatic carbocycles. The summed E-state index contributed by atoms with van der Waals surface area (Å²) in [5.41, 5.74) is 1.27. The molecule has 1 aromatic carbocycles. The Kier molecular flexibility index (Phi) is 4.35. The second-order valence-electron chi connectivity index (χ2n) is 5.09. The summed E-state index contributed by atoms with van der Waals surface area (Å²) >= 11 is 3.39. The molecule has 3 rings (SSSR count). The molecule has 0 amide bonds. The van der Waals surface area contributed by atoms with E-state index in [2.05, 4.69) is 41.2 Å². The summed E-state index contributed by atoms with van der Waals surface area (Å²) in [4.78, 5) is 15.1. The molecule has 0 fully saturated rings. The minimum absolute atomic E-state index is 0.329. The lowest BCUT2D eigenvalue weighted by atomic mass is 10.1. The summed E-state index contributed by atoms with van der Waals surface area (Å²) in [5.74, 6) is -0.580. The van der Waals surface area contributed by atoms with Crippen molar-refractivity contribution in [1.82, 2.24) is 19.9 Å². The van der Waals surface area contributed by atoms with Gasteiger partial charge in [0.1, 0.15) is 12.1 Å². The summed E-state index contributed by atoms with van der Waals surface area (Å²) in [5, 5.41) is 3.95. The molecule has 0 bridgehead atoms. The molecule has 2 aromatic heterocycles. The number of anilines is 1. The summed E-state index contributed by atoms with van der Waals surface area (Å²) in [6.07, 6.45) is -0.807. The summed E-state index contributed by atoms with van der Waals surface area (Å²) in [7, 11) is 0. The van der Waals surface area contributed by atoms with E-state index in [1.54, 1.807) is 6.92 Å². The number of benzene rings is 1. The first-order valence-corrected chi connectivity index (χ1v) is 7.70. The van der Waals surface area contributed by atoms with Crippen molar-refractivity contribution in [1.29, 1.82) is 0 Å². The lowest BCUT2D eigenvalue weighted by Crippen LogP contribution is -2.14. The van der Waals surface area contributed by atoms with Gasteiger partial charge in [-0.2, -0.15) is 13.2 Å². The Morgan fingerprint density at radius 1 is 1.08 bits per heavy atom. The standard InChI is InChI=1S/C15H11BrF3N5/c1-8(9-5-20-14(21-6-9)15(17,18)19)24-13-11-4-10(16)2-3-12(11)22-7-23-13/h2-8H,1H3,(H,22,23,24). The van der Waals surface area contributed by atoms with Gasteiger partial charge >= 0.3 is 6.18 Å². The number of aromatic nitrogens is 4. The van der Waals surface area contributed by atoms with Crippen molar-refractivity contribution in [2.45, 2.75) is 19.1 Å². The van der Waals surface area contributed by atoms with E-state index < -0.39 is 12.0 Å². The Morgan fingerprint density at radius 2 is 1.79 bits per heavy atom. The molecule has 9 heteroatoms. The van der Waals surface area contributed by atoms with Crippen LogP contribution in [-0.4, -0.2) is 19.9 Å². The molecule has 1 N–H and O–H groups in total. The van der Waals surface area contributed by atoms with Crippen molar-refractivity contribution in [3.05, 3.63) is 52.8 Å². The third kappa shape index (κ3) is 3.45. The van der Waals surface area contributed by atoms with Gasteiger partial charge in [-0.1, -0.05) is 15.9 Å². The van der Waals surface area contributed by atoms with E-state index in [-0.39, 0.29) is 6.04 Å². The lowest BCUT2D eigenvalue weighted by molar-refractivity contribution is -0.145. The van der Waals surface area contributed by atoms with Crippen LogP contribution in [0.15, 0.2) is 41.4 Å². The average Bonchev–Trinajstić information content (AvgIpc) is 2.54. The molecule has 0 spiro atoms. The monoisotopic (exact) mass is 397 g/mol. The number of nitrogens with one attached hydrogen (secondary N) is 1. The van der Waals surface area contributed by atoms with Crippen LogP contribution in [-0.2, 0) is 6.18 Å². The maximum atomic E-state index is 12.5. The van der Waals surface area contributed by atoms with E-state index in [1.165, 1.54) is 6.33 Å². The van der Waals surface area contributed by atoms with Gasteiger partial charge < -0.3 is 5.32 Å². The quantitative estimate of drug-likeness (QED) is 0.710. The molecule has 124 valence electrons. The predicted octanol–water partition coefficient (Wildman–Crippen LogP) is 4.37. The Balaban J connectivity index is 1.87. The zero-order chi connectivity index (χ0) is 17.3. The first-order chi connectivity index (χ1) is 11.3. The maximum absolute atomic E-state index is 12.5. The lowest BCUT2D eigenvalue weighted by Gasteiger charge is -2.16. The fourth-order valence-corrected chi connectivity index (χ4v) is 2.50. The Morgan fingerprint density at radius 3 is 2.46 bits per heavy atom. The van der Waals surface area contributed by atoms with Crippen LogP contribution in [0.3, 0.4) is 0 Å². The van der Waals surface area contributed by atoms with Gasteiger partial charge in [-0.05, 0) is 25.1 Å². The average molecular weight is 398 g/mol. The first-order valence-electron chi connectivity index (χ1n) is 6.90. The van der Waals surface area contributed by atoms with Gasteiger partial charge in [0, 0.05) is 27.8 Å². The topological polar surface area (TPSA) is 63.6 Å². The zero-order valence-electron chi connectivity index (χ0n) is 12.3. The van der Waals surface area contributed by atoms with Crippen molar-refractivity contribution < 1.29 is 13.2 Å². The number of nitrogens with zero attached hydrogens (tertiary/aromatic N) is 4. The maximum Gasteiger partial charge on any atom is 0.451 e. The minimum Gasteiger partial charge on any atom is -0.363 e. The molecular weight excluding hydrogens is 387 g/mol. The molecule has 0 aliphatic rings. The molecule has 24 heavy (non-hydrogen) atoms. The van der Waals surface area contributed by atoms with E-state index in [1.807, 2.05) is 18.2 Å². The fraction of sp³-hybridized carbons (Fsp3) is 0.200. The number of hydrogen-bond acceptors (Lipinski definition) is 5. The van der Waals surface area contributed by atoms with Crippen molar-refractivity contribution >= 4 is 32.7 Å². The van der Waals surface area contributed by atoms with Crippen LogP contribution < -0.4 is 5.32 Å². The second-order valence-corrected chi connectivity index (χ2v) is 6.00. The zero-order valence-corrected chi connectivity index (χ0v) is 13.9. The molecule has 1 unspecified atom stereocenters. The van der Waals surface area contributed by atoms with Crippen LogP contribution in [0.1, 0.15) is 24.4 Å². The highest BCUT2D eigenvalue weighted by atomic mass is 79.9. The summed E-state index contributed by atoms with van der Waals surface area (Å²) < 4.78 is 38.4. The summed E-state index contributed by atoms with van der Waals surface area (Å²) in [6, 6.07) is 5.25. The fourth-order valence-electron chi connectivity index (χ4n) is 2.14. The summed E-state index contributed by atoms with van der Waals surface area (Å²) in [6.45, 7) is 1.79. The number of hydrogen-bond donors (Lipinski definition) is 1. The second kappa shape index (κ2) is 6.31. The predicted molar refractivity (Wildman–Crippen MR) is 86.3 cm³/mol. The van der Waals surface area contributed by atoms with Gasteiger partial charge in [-0.15, -0.1) is 0 Å². The van der Waals surface area contributed by atoms with Gasteiger partial charge in [-0.25, -0.2) is 19.9 Å². The van der Waals surface area contributed by atoms with Crippen LogP contribution >= 0.6 is 15.9 Å². The number of fused-ring (bicyclic) bond motifs is 1. The first kappa shape index (κ1) is 16.6. The highest BCUT2D eigenvalue weighted by molar-refractivity contribution is 9.10. The van der Waals surface area contributed by atoms with Gasteiger partial charge in [0.15, 0.2) is 0 Å². The Labute approximate surface area is 143 Å². The van der Waals surface area contributed by atoms with Crippen molar-refractivity contribution in [3.8, 4) is 0 Å². The van der Waals surface area contributed by atoms with E-state index in [0.29, 0.717) is 11.4 Å². The molecule has 3 aromatic rings. The normalized spacial score (nSPS) is 13.0. The Bertz CT molecular complexity index is 867. The van der Waals surface area contributed by atoms with Crippen LogP contribution in [0.4, 0.5) is 19.0 Å². The third-order valence-corrected chi connectivity index (χ3v) is 3.87. The van der Waals surface area contributed by atoms with Crippen LogP contribution in [0, 0.1) is 0 Å². The number of alkyl halides is 3. The van der Waals surface area contributed by atoms with E-state index in [9.17, 15) is 13.2 Å². The van der Waals surface area contributed by atoms with Crippen LogP contribution in [0.25, 0.3) is 10.9 Å². The van der Waals surface area contributed by atoms with Crippen LogP contribution in [0.2, 0.25) is 0 Å². The number of halogens is 4. The molecule has 0 aliphatic heterocycles. The van der Waals surface area contributed by atoms with Gasteiger partial charge in [0.2, 0.25) is 5.82 Å². The minimum atomic E-state index is -4.55. The van der Waals surface area contributed by atoms with Gasteiger partial charge in [0.25, 0.3) is 0 Å². The molecular formula is C15H11BrF3N5. The SMILES string of the molecule is CC(Nc1ncnc2ccc(Br)cc12)c1cnc(C(F)(F)F)nc1. The highest BCUT2D eigenvalue weighted by Crippen LogP contribution is 2.28. The number of rotatable bonds is 3. The molecule has 0 saturated carbocycles. The third-order valence-electron chi connectivity index (χ3n) is 3.38. The van der Waals surface area contributed by atoms with Crippen molar-refractivity contribution in [3.63, 3.8) is 0 Å². The molecule has 0 saturated heterocycles. The van der Waals surface area contributed by atoms with Crippen molar-refractivity contribution in [2.75, 3.05) is 5.32 Å². The highest BCUT2D eigenvalue weighted by Gasteiger charge is 2.34. The van der Waals surface area contributed by atoms with E-state index in [0.717, 1.165) is 27.8 Å². The Hall–Kier alpha value is -2.29. The molecule has 5 nitrogen and oxygen atoms in total. The van der Waals surface area contributed by atoms with Crippen LogP contribution in [0.5, 0.6) is 0 Å². The largest absolute Gasteiger partial charge is 0.451 e. The van der Waals surface area contributed by atoms with E-state index in [4.69, 9.17) is 0 Å². The van der Waals surface area contributed by atoms with E-state index >= 15 is 0 Å². The molecule has 0 radical (unpaired) electrons.